The van der Waals surface area contributed by atoms with Crippen LogP contribution >= 0.6 is 0 Å². The first-order valence-electron chi connectivity index (χ1n) is 6.15. The van der Waals surface area contributed by atoms with Crippen LogP contribution in [0.5, 0.6) is 0 Å². The van der Waals surface area contributed by atoms with Gasteiger partial charge in [-0.3, -0.25) is 4.90 Å². The van der Waals surface area contributed by atoms with E-state index in [0.29, 0.717) is 6.04 Å². The molecular formula is C14H22N2O. The summed E-state index contributed by atoms with van der Waals surface area (Å²) in [5.41, 5.74) is 8.51. The molecule has 2 atom stereocenters. The highest BCUT2D eigenvalue weighted by Crippen LogP contribution is 2.42. The SMILES string of the molecule is CN(C1CC(N)c2ccccc21)C(C)(C)CO. The summed E-state index contributed by atoms with van der Waals surface area (Å²) in [6.07, 6.45) is 0.930. The molecule has 0 saturated carbocycles. The summed E-state index contributed by atoms with van der Waals surface area (Å²) in [7, 11) is 2.07. The van der Waals surface area contributed by atoms with Crippen LogP contribution in [0.2, 0.25) is 0 Å². The molecule has 1 aromatic rings. The Bertz CT molecular complexity index is 403. The molecule has 0 fully saturated rings. The Morgan fingerprint density at radius 3 is 2.53 bits per heavy atom. The van der Waals surface area contributed by atoms with E-state index in [1.807, 2.05) is 6.07 Å². The van der Waals surface area contributed by atoms with E-state index in [2.05, 4.69) is 44.0 Å². The fourth-order valence-corrected chi connectivity index (χ4v) is 2.55. The van der Waals surface area contributed by atoms with Crippen molar-refractivity contribution < 1.29 is 5.11 Å². The quantitative estimate of drug-likeness (QED) is 0.839. The molecule has 2 unspecified atom stereocenters. The fourth-order valence-electron chi connectivity index (χ4n) is 2.55. The van der Waals surface area contributed by atoms with Gasteiger partial charge in [0.05, 0.1) is 6.61 Å². The van der Waals surface area contributed by atoms with Crippen LogP contribution in [-0.4, -0.2) is 29.2 Å². The molecule has 3 N–H and O–H groups in total. The summed E-state index contributed by atoms with van der Waals surface area (Å²) in [5, 5.41) is 9.47. The Hall–Kier alpha value is -0.900. The zero-order valence-corrected chi connectivity index (χ0v) is 10.9. The molecule has 0 heterocycles. The van der Waals surface area contributed by atoms with Crippen LogP contribution in [0.3, 0.4) is 0 Å². The Kier molecular flexibility index (Phi) is 3.25. The second kappa shape index (κ2) is 4.41. The summed E-state index contributed by atoms with van der Waals surface area (Å²) in [6.45, 7) is 4.26. The molecule has 1 aliphatic carbocycles. The zero-order chi connectivity index (χ0) is 12.6. The van der Waals surface area contributed by atoms with Crippen molar-refractivity contribution in [1.29, 1.82) is 0 Å². The van der Waals surface area contributed by atoms with E-state index in [-0.39, 0.29) is 18.2 Å². The van der Waals surface area contributed by atoms with Crippen molar-refractivity contribution in [2.45, 2.75) is 37.9 Å². The van der Waals surface area contributed by atoms with Crippen LogP contribution in [0, 0.1) is 0 Å². The zero-order valence-electron chi connectivity index (χ0n) is 10.9. The monoisotopic (exact) mass is 234 g/mol. The van der Waals surface area contributed by atoms with Gasteiger partial charge in [-0.2, -0.15) is 0 Å². The molecule has 2 rings (SSSR count). The lowest BCUT2D eigenvalue weighted by molar-refractivity contribution is 0.0432. The first kappa shape index (κ1) is 12.6. The standard InChI is InChI=1S/C14H22N2O/c1-14(2,9-17)16(3)13-8-12(15)10-6-4-5-7-11(10)13/h4-7,12-13,17H,8-9,15H2,1-3H3. The van der Waals surface area contributed by atoms with Gasteiger partial charge < -0.3 is 10.8 Å². The summed E-state index contributed by atoms with van der Waals surface area (Å²) in [6, 6.07) is 8.79. The molecule has 0 aromatic heterocycles. The summed E-state index contributed by atoms with van der Waals surface area (Å²) in [5.74, 6) is 0. The molecule has 0 saturated heterocycles. The summed E-state index contributed by atoms with van der Waals surface area (Å²) in [4.78, 5) is 2.23. The molecule has 94 valence electrons. The smallest absolute Gasteiger partial charge is 0.0610 e. The predicted molar refractivity (Wildman–Crippen MR) is 69.7 cm³/mol. The number of fused-ring (bicyclic) bond motifs is 1. The van der Waals surface area contributed by atoms with E-state index >= 15 is 0 Å². The molecule has 1 aliphatic rings. The van der Waals surface area contributed by atoms with Crippen molar-refractivity contribution in [3.63, 3.8) is 0 Å². The molecule has 1 aromatic carbocycles. The lowest BCUT2D eigenvalue weighted by atomic mass is 9.99. The van der Waals surface area contributed by atoms with Crippen molar-refractivity contribution in [1.82, 2.24) is 4.90 Å². The van der Waals surface area contributed by atoms with Crippen LogP contribution in [0.25, 0.3) is 0 Å². The lowest BCUT2D eigenvalue weighted by Crippen LogP contribution is -2.45. The number of hydrogen-bond donors (Lipinski definition) is 2. The van der Waals surface area contributed by atoms with Crippen LogP contribution in [-0.2, 0) is 0 Å². The van der Waals surface area contributed by atoms with Gasteiger partial charge in [-0.15, -0.1) is 0 Å². The Morgan fingerprint density at radius 1 is 1.35 bits per heavy atom. The van der Waals surface area contributed by atoms with Gasteiger partial charge in [-0.1, -0.05) is 24.3 Å². The van der Waals surface area contributed by atoms with Crippen molar-refractivity contribution in [2.24, 2.45) is 5.73 Å². The first-order valence-corrected chi connectivity index (χ1v) is 6.15. The fraction of sp³-hybridized carbons (Fsp3) is 0.571. The maximum Gasteiger partial charge on any atom is 0.0610 e. The van der Waals surface area contributed by atoms with Crippen LogP contribution < -0.4 is 5.73 Å². The third kappa shape index (κ3) is 2.10. The van der Waals surface area contributed by atoms with Gasteiger partial charge in [0, 0.05) is 17.6 Å². The highest BCUT2D eigenvalue weighted by atomic mass is 16.3. The summed E-state index contributed by atoms with van der Waals surface area (Å²) < 4.78 is 0. The normalized spacial score (nSPS) is 24.1. The number of aliphatic hydroxyl groups is 1. The predicted octanol–water partition coefficient (Wildman–Crippen LogP) is 1.83. The minimum absolute atomic E-state index is 0.119. The molecule has 3 heteroatoms. The average Bonchev–Trinajstić information content (AvgIpc) is 2.66. The number of rotatable bonds is 3. The molecule has 0 radical (unpaired) electrons. The lowest BCUT2D eigenvalue weighted by Gasteiger charge is -2.39. The molecule has 0 amide bonds. The topological polar surface area (TPSA) is 49.5 Å². The molecule has 3 nitrogen and oxygen atoms in total. The third-order valence-electron chi connectivity index (χ3n) is 4.04. The highest BCUT2D eigenvalue weighted by molar-refractivity contribution is 5.37. The largest absolute Gasteiger partial charge is 0.394 e. The van der Waals surface area contributed by atoms with Gasteiger partial charge in [0.15, 0.2) is 0 Å². The Balaban J connectivity index is 2.31. The Labute approximate surface area is 103 Å². The van der Waals surface area contributed by atoms with E-state index < -0.39 is 0 Å². The number of benzene rings is 1. The number of aliphatic hydroxyl groups excluding tert-OH is 1. The van der Waals surface area contributed by atoms with Crippen molar-refractivity contribution in [3.05, 3.63) is 35.4 Å². The van der Waals surface area contributed by atoms with Gasteiger partial charge in [-0.25, -0.2) is 0 Å². The average molecular weight is 234 g/mol. The van der Waals surface area contributed by atoms with Gasteiger partial charge in [0.2, 0.25) is 0 Å². The van der Waals surface area contributed by atoms with Crippen LogP contribution in [0.4, 0.5) is 0 Å². The van der Waals surface area contributed by atoms with Crippen LogP contribution in [0.15, 0.2) is 24.3 Å². The minimum Gasteiger partial charge on any atom is -0.394 e. The minimum atomic E-state index is -0.220. The molecule has 17 heavy (non-hydrogen) atoms. The second-order valence-electron chi connectivity index (χ2n) is 5.57. The van der Waals surface area contributed by atoms with E-state index in [0.717, 1.165) is 6.42 Å². The third-order valence-corrected chi connectivity index (χ3v) is 4.04. The van der Waals surface area contributed by atoms with Crippen LogP contribution in [0.1, 0.15) is 43.5 Å². The van der Waals surface area contributed by atoms with Crippen molar-refractivity contribution >= 4 is 0 Å². The molecular weight excluding hydrogens is 212 g/mol. The number of hydrogen-bond acceptors (Lipinski definition) is 3. The van der Waals surface area contributed by atoms with Gasteiger partial charge in [0.25, 0.3) is 0 Å². The van der Waals surface area contributed by atoms with E-state index in [4.69, 9.17) is 5.73 Å². The van der Waals surface area contributed by atoms with Crippen molar-refractivity contribution in [3.8, 4) is 0 Å². The Morgan fingerprint density at radius 2 is 1.94 bits per heavy atom. The maximum atomic E-state index is 9.47. The molecule has 0 spiro atoms. The van der Waals surface area contributed by atoms with E-state index in [1.54, 1.807) is 0 Å². The second-order valence-corrected chi connectivity index (χ2v) is 5.57. The van der Waals surface area contributed by atoms with E-state index in [1.165, 1.54) is 11.1 Å². The van der Waals surface area contributed by atoms with Gasteiger partial charge in [-0.05, 0) is 38.4 Å². The van der Waals surface area contributed by atoms with Gasteiger partial charge >= 0.3 is 0 Å². The van der Waals surface area contributed by atoms with E-state index in [9.17, 15) is 5.11 Å². The number of likely N-dealkylation sites (N-methyl/N-ethyl adjacent to an activating group) is 1. The summed E-state index contributed by atoms with van der Waals surface area (Å²) >= 11 is 0. The molecule has 0 bridgehead atoms. The molecule has 0 aliphatic heterocycles. The van der Waals surface area contributed by atoms with Crippen molar-refractivity contribution in [2.75, 3.05) is 13.7 Å². The first-order chi connectivity index (χ1) is 7.97. The number of nitrogens with zero attached hydrogens (tertiary/aromatic N) is 1. The number of nitrogens with two attached hydrogens (primary N) is 1. The maximum absolute atomic E-state index is 9.47. The van der Waals surface area contributed by atoms with Gasteiger partial charge in [0.1, 0.15) is 0 Å². The highest BCUT2D eigenvalue weighted by Gasteiger charge is 2.36.